The van der Waals surface area contributed by atoms with Crippen molar-refractivity contribution in [2.24, 2.45) is 0 Å². The largest absolute Gasteiger partial charge is 0.376 e. The van der Waals surface area contributed by atoms with E-state index in [1.807, 2.05) is 5.38 Å². The number of amides is 1. The first-order chi connectivity index (χ1) is 13.7. The molecule has 8 heteroatoms. The molecule has 1 amide bonds. The van der Waals surface area contributed by atoms with E-state index in [1.54, 1.807) is 30.2 Å². The Kier molecular flexibility index (Phi) is 6.19. The smallest absolute Gasteiger partial charge is 0.220 e. The minimum atomic E-state index is -0.261. The van der Waals surface area contributed by atoms with Crippen molar-refractivity contribution in [3.63, 3.8) is 0 Å². The molecular formula is C20H20FN3O2S2. The molecule has 1 unspecified atom stereocenters. The number of nitrogens with one attached hydrogen (secondary N) is 1. The summed E-state index contributed by atoms with van der Waals surface area (Å²) in [7, 11) is 0. The molecule has 0 spiro atoms. The maximum absolute atomic E-state index is 13.3. The molecule has 3 aromatic rings. The lowest BCUT2D eigenvalue weighted by Crippen LogP contribution is -2.31. The van der Waals surface area contributed by atoms with Gasteiger partial charge in [0.25, 0.3) is 0 Å². The van der Waals surface area contributed by atoms with Gasteiger partial charge in [-0.15, -0.1) is 23.1 Å². The predicted octanol–water partition coefficient (Wildman–Crippen LogP) is 4.27. The molecule has 28 heavy (non-hydrogen) atoms. The molecule has 4 rings (SSSR count). The van der Waals surface area contributed by atoms with Crippen molar-refractivity contribution in [1.82, 2.24) is 15.3 Å². The van der Waals surface area contributed by atoms with Gasteiger partial charge in [-0.1, -0.05) is 12.1 Å². The van der Waals surface area contributed by atoms with Gasteiger partial charge in [-0.2, -0.15) is 0 Å². The molecule has 0 bridgehead atoms. The first-order valence-corrected chi connectivity index (χ1v) is 11.1. The van der Waals surface area contributed by atoms with Crippen molar-refractivity contribution >= 4 is 39.2 Å². The number of thioether (sulfide) groups is 1. The van der Waals surface area contributed by atoms with E-state index in [0.717, 1.165) is 45.8 Å². The Morgan fingerprint density at radius 3 is 2.96 bits per heavy atom. The third-order valence-corrected chi connectivity index (χ3v) is 6.49. The Morgan fingerprint density at radius 2 is 2.18 bits per heavy atom. The fraction of sp³-hybridized carbons (Fsp3) is 0.350. The van der Waals surface area contributed by atoms with Crippen LogP contribution in [0.3, 0.4) is 0 Å². The van der Waals surface area contributed by atoms with Crippen LogP contribution in [0, 0.1) is 5.82 Å². The van der Waals surface area contributed by atoms with Crippen molar-refractivity contribution in [3.05, 3.63) is 41.8 Å². The molecule has 5 nitrogen and oxygen atoms in total. The maximum Gasteiger partial charge on any atom is 0.220 e. The van der Waals surface area contributed by atoms with Crippen LogP contribution in [-0.2, 0) is 9.53 Å². The molecule has 1 atom stereocenters. The number of ether oxygens (including phenoxy) is 1. The van der Waals surface area contributed by atoms with Crippen molar-refractivity contribution < 1.29 is 13.9 Å². The Balaban J connectivity index is 1.41. The second-order valence-corrected chi connectivity index (χ2v) is 8.49. The highest BCUT2D eigenvalue weighted by Crippen LogP contribution is 2.37. The first-order valence-electron chi connectivity index (χ1n) is 9.20. The van der Waals surface area contributed by atoms with Gasteiger partial charge in [0.2, 0.25) is 5.91 Å². The fourth-order valence-electron chi connectivity index (χ4n) is 3.16. The van der Waals surface area contributed by atoms with Gasteiger partial charge >= 0.3 is 0 Å². The van der Waals surface area contributed by atoms with Gasteiger partial charge in [0.05, 0.1) is 11.5 Å². The number of benzene rings is 1. The highest BCUT2D eigenvalue weighted by atomic mass is 32.2. The van der Waals surface area contributed by atoms with Gasteiger partial charge < -0.3 is 10.1 Å². The summed E-state index contributed by atoms with van der Waals surface area (Å²) in [5, 5.41) is 6.77. The molecule has 0 saturated carbocycles. The lowest BCUT2D eigenvalue weighted by Gasteiger charge is -2.10. The van der Waals surface area contributed by atoms with Gasteiger partial charge in [0.1, 0.15) is 22.0 Å². The lowest BCUT2D eigenvalue weighted by atomic mass is 10.1. The number of thiophene rings is 1. The number of hydrogen-bond acceptors (Lipinski definition) is 6. The second kappa shape index (κ2) is 8.98. The van der Waals surface area contributed by atoms with Crippen molar-refractivity contribution in [1.29, 1.82) is 0 Å². The van der Waals surface area contributed by atoms with E-state index < -0.39 is 0 Å². The Bertz CT molecular complexity index is 956. The molecule has 1 aliphatic heterocycles. The van der Waals surface area contributed by atoms with Crippen molar-refractivity contribution in [2.45, 2.75) is 30.4 Å². The zero-order valence-corrected chi connectivity index (χ0v) is 16.8. The maximum atomic E-state index is 13.3. The minimum Gasteiger partial charge on any atom is -0.376 e. The van der Waals surface area contributed by atoms with Gasteiger partial charge in [-0.3, -0.25) is 4.79 Å². The van der Waals surface area contributed by atoms with E-state index in [4.69, 9.17) is 4.74 Å². The van der Waals surface area contributed by atoms with Crippen LogP contribution in [0.25, 0.3) is 21.3 Å². The van der Waals surface area contributed by atoms with Crippen LogP contribution in [0.15, 0.2) is 41.0 Å². The zero-order valence-electron chi connectivity index (χ0n) is 15.2. The summed E-state index contributed by atoms with van der Waals surface area (Å²) in [6.07, 6.45) is 4.20. The quantitative estimate of drug-likeness (QED) is 0.459. The number of nitrogens with zero attached hydrogens (tertiary/aromatic N) is 2. The topological polar surface area (TPSA) is 64.1 Å². The number of aromatic nitrogens is 2. The van der Waals surface area contributed by atoms with Crippen LogP contribution in [0.2, 0.25) is 0 Å². The third-order valence-electron chi connectivity index (χ3n) is 4.61. The van der Waals surface area contributed by atoms with Crippen molar-refractivity contribution in [2.75, 3.05) is 18.9 Å². The van der Waals surface area contributed by atoms with E-state index in [-0.39, 0.29) is 17.8 Å². The Morgan fingerprint density at radius 1 is 1.32 bits per heavy atom. The summed E-state index contributed by atoms with van der Waals surface area (Å²) in [4.78, 5) is 21.7. The lowest BCUT2D eigenvalue weighted by molar-refractivity contribution is -0.121. The van der Waals surface area contributed by atoms with Crippen molar-refractivity contribution in [3.8, 4) is 11.1 Å². The number of carbonyl (C=O) groups is 1. The molecule has 0 radical (unpaired) electrons. The second-order valence-electron chi connectivity index (χ2n) is 6.55. The van der Waals surface area contributed by atoms with Crippen LogP contribution in [0.1, 0.15) is 19.3 Å². The molecule has 1 fully saturated rings. The van der Waals surface area contributed by atoms with E-state index in [9.17, 15) is 9.18 Å². The molecule has 3 heterocycles. The molecular weight excluding hydrogens is 397 g/mol. The normalized spacial score (nSPS) is 16.5. The number of hydrogen-bond donors (Lipinski definition) is 1. The predicted molar refractivity (Wildman–Crippen MR) is 110 cm³/mol. The average molecular weight is 418 g/mol. The van der Waals surface area contributed by atoms with E-state index in [2.05, 4.69) is 15.3 Å². The SMILES string of the molecule is O=C(CCSc1ncnc2scc(-c3ccc(F)cc3)c12)NCC1CCCO1. The highest BCUT2D eigenvalue weighted by Gasteiger charge is 2.17. The van der Waals surface area contributed by atoms with E-state index in [0.29, 0.717) is 18.7 Å². The fourth-order valence-corrected chi connectivity index (χ4v) is 5.09. The van der Waals surface area contributed by atoms with Gasteiger partial charge in [0.15, 0.2) is 0 Å². The van der Waals surface area contributed by atoms with Crippen LogP contribution < -0.4 is 5.32 Å². The summed E-state index contributed by atoms with van der Waals surface area (Å²) in [6, 6.07) is 6.43. The van der Waals surface area contributed by atoms with Gasteiger partial charge in [-0.25, -0.2) is 14.4 Å². The third kappa shape index (κ3) is 4.51. The summed E-state index contributed by atoms with van der Waals surface area (Å²) in [5.74, 6) is 0.392. The zero-order chi connectivity index (χ0) is 19.3. The standard InChI is InChI=1S/C20H20FN3O2S2/c21-14-5-3-13(4-6-14)16-11-28-20-18(16)19(23-12-24-20)27-9-7-17(25)22-10-15-2-1-8-26-15/h3-6,11-12,15H,1-2,7-10H2,(H,22,25). The molecule has 1 saturated heterocycles. The highest BCUT2D eigenvalue weighted by molar-refractivity contribution is 7.99. The van der Waals surface area contributed by atoms with Gasteiger partial charge in [0, 0.05) is 36.3 Å². The monoisotopic (exact) mass is 417 g/mol. The molecule has 146 valence electrons. The van der Waals surface area contributed by atoms with E-state index >= 15 is 0 Å². The van der Waals surface area contributed by atoms with E-state index in [1.165, 1.54) is 23.5 Å². The van der Waals surface area contributed by atoms with Crippen LogP contribution in [-0.4, -0.2) is 40.9 Å². The first kappa shape index (κ1) is 19.3. The number of rotatable bonds is 7. The van der Waals surface area contributed by atoms with Crippen LogP contribution in [0.5, 0.6) is 0 Å². The summed E-state index contributed by atoms with van der Waals surface area (Å²) < 4.78 is 18.8. The number of halogens is 1. The molecule has 1 aliphatic rings. The molecule has 2 aromatic heterocycles. The minimum absolute atomic E-state index is 0.0253. The Hall–Kier alpha value is -2.03. The molecule has 1 N–H and O–H groups in total. The summed E-state index contributed by atoms with van der Waals surface area (Å²) in [5.41, 5.74) is 1.92. The van der Waals surface area contributed by atoms with Crippen LogP contribution >= 0.6 is 23.1 Å². The summed E-state index contributed by atoms with van der Waals surface area (Å²) in [6.45, 7) is 1.37. The number of carbonyl (C=O) groups excluding carboxylic acids is 1. The van der Waals surface area contributed by atoms with Crippen LogP contribution in [0.4, 0.5) is 4.39 Å². The average Bonchev–Trinajstić information content (AvgIpc) is 3.37. The summed E-state index contributed by atoms with van der Waals surface area (Å²) >= 11 is 3.08. The number of fused-ring (bicyclic) bond motifs is 1. The molecule has 1 aromatic carbocycles. The molecule has 0 aliphatic carbocycles. The van der Waals surface area contributed by atoms with Gasteiger partial charge in [-0.05, 0) is 30.5 Å². The Labute approximate surface area is 170 Å².